The van der Waals surface area contributed by atoms with Gasteiger partial charge in [0.15, 0.2) is 34.7 Å². The van der Waals surface area contributed by atoms with Gasteiger partial charge in [-0.25, -0.2) is 18.4 Å². The molecule has 1 amide bonds. The molecule has 436 valence electrons. The van der Waals surface area contributed by atoms with Gasteiger partial charge in [-0.3, -0.25) is 28.5 Å². The van der Waals surface area contributed by atoms with E-state index in [1.807, 2.05) is 127 Å². The number of ketones is 4. The number of hydrogen-bond acceptors (Lipinski definition) is 13. The van der Waals surface area contributed by atoms with Gasteiger partial charge >= 0.3 is 12.1 Å². The lowest BCUT2D eigenvalue weighted by Gasteiger charge is -2.22. The lowest BCUT2D eigenvalue weighted by molar-refractivity contribution is -0.123. The van der Waals surface area contributed by atoms with Gasteiger partial charge in [0.1, 0.15) is 47.9 Å². The van der Waals surface area contributed by atoms with Crippen LogP contribution in [0.4, 0.5) is 13.6 Å². The van der Waals surface area contributed by atoms with E-state index in [2.05, 4.69) is 15.5 Å². The summed E-state index contributed by atoms with van der Waals surface area (Å²) in [5, 5.41) is 19.3. The smallest absolute Gasteiger partial charge is 0.408 e. The Kier molecular flexibility index (Phi) is 24.4. The molecule has 2 aromatic heterocycles. The van der Waals surface area contributed by atoms with Crippen molar-refractivity contribution in [1.29, 1.82) is 0 Å². The molecule has 82 heavy (non-hydrogen) atoms. The number of nitrogens with one attached hydrogen (secondary N) is 1. The van der Waals surface area contributed by atoms with Crippen LogP contribution in [-0.4, -0.2) is 97.4 Å². The van der Waals surface area contributed by atoms with Crippen LogP contribution in [0.5, 0.6) is 17.2 Å². The molecule has 0 unspecified atom stereocenters. The first-order chi connectivity index (χ1) is 37.7. The largest absolute Gasteiger partial charge is 0.493 e. The number of amides is 1. The van der Waals surface area contributed by atoms with Crippen molar-refractivity contribution in [3.63, 3.8) is 0 Å². The number of halogens is 3. The molecule has 4 N–H and O–H groups in total. The van der Waals surface area contributed by atoms with Gasteiger partial charge in [-0.2, -0.15) is 10.2 Å². The van der Waals surface area contributed by atoms with Gasteiger partial charge in [0.25, 0.3) is 0 Å². The Morgan fingerprint density at radius 2 is 1.02 bits per heavy atom. The summed E-state index contributed by atoms with van der Waals surface area (Å²) in [6, 6.07) is 40.0. The molecule has 0 saturated carbocycles. The van der Waals surface area contributed by atoms with E-state index in [9.17, 15) is 37.5 Å². The summed E-state index contributed by atoms with van der Waals surface area (Å²) >= 11 is 0. The van der Waals surface area contributed by atoms with Crippen molar-refractivity contribution in [1.82, 2.24) is 24.9 Å². The number of carboxylic acids is 1. The minimum Gasteiger partial charge on any atom is -0.493 e. The minimum atomic E-state index is -1.35. The maximum Gasteiger partial charge on any atom is 0.408 e. The van der Waals surface area contributed by atoms with Crippen LogP contribution in [0.25, 0.3) is 0 Å². The topological polar surface area (TPSA) is 233 Å². The van der Waals surface area contributed by atoms with Gasteiger partial charge in [-0.05, 0) is 63.9 Å². The average molecular weight is 1150 g/mol. The molecule has 5 aromatic carbocycles. The van der Waals surface area contributed by atoms with E-state index in [-0.39, 0.29) is 95.1 Å². The molecule has 0 radical (unpaired) electrons. The molecule has 3 aliphatic rings. The molecule has 3 atom stereocenters. The first-order valence-electron chi connectivity index (χ1n) is 25.5. The maximum absolute atomic E-state index is 14.7. The number of alkyl carbamates (subject to hydrolysis) is 1. The number of carbonyl (C=O) groups excluding carboxylic acids is 5. The van der Waals surface area contributed by atoms with Gasteiger partial charge in [0, 0.05) is 42.4 Å². The number of hydrogen-bond donors (Lipinski definition) is 3. The fraction of sp³-hybridized carbons (Fsp3) is 0.323. The van der Waals surface area contributed by atoms with E-state index in [1.54, 1.807) is 33.8 Å². The summed E-state index contributed by atoms with van der Waals surface area (Å²) in [4.78, 5) is 71.3. The third-order valence-corrected chi connectivity index (χ3v) is 12.7. The van der Waals surface area contributed by atoms with Crippen LogP contribution in [-0.2, 0) is 51.5 Å². The Morgan fingerprint density at radius 1 is 0.622 bits per heavy atom. The molecule has 17 nitrogen and oxygen atoms in total. The van der Waals surface area contributed by atoms with Crippen molar-refractivity contribution >= 4 is 47.6 Å². The first kappa shape index (κ1) is 66.0. The number of ether oxygens (including phenoxy) is 4. The van der Waals surface area contributed by atoms with Crippen LogP contribution >= 0.6 is 12.4 Å². The maximum atomic E-state index is 14.7. The lowest BCUT2D eigenvalue weighted by Crippen LogP contribution is -2.46. The van der Waals surface area contributed by atoms with Crippen LogP contribution in [0.1, 0.15) is 102 Å². The molecule has 0 bridgehead atoms. The summed E-state index contributed by atoms with van der Waals surface area (Å²) in [7, 11) is 0. The van der Waals surface area contributed by atoms with Crippen molar-refractivity contribution in [3.8, 4) is 17.2 Å². The number of para-hydroxylation sites is 3. The van der Waals surface area contributed by atoms with Crippen LogP contribution in [0, 0.1) is 31.4 Å². The van der Waals surface area contributed by atoms with Gasteiger partial charge in [0.05, 0.1) is 43.0 Å². The quantitative estimate of drug-likeness (QED) is 0.114. The number of aromatic carboxylic acids is 1. The fourth-order valence-corrected chi connectivity index (χ4v) is 8.40. The number of benzene rings is 5. The number of rotatable bonds is 9. The molecule has 0 saturated heterocycles. The molecule has 7 aromatic rings. The monoisotopic (exact) mass is 1150 g/mol. The number of fused-ring (bicyclic) bond motifs is 3. The van der Waals surface area contributed by atoms with E-state index >= 15 is 0 Å². The normalized spacial score (nSPS) is 15.8. The van der Waals surface area contributed by atoms with E-state index < -0.39 is 58.8 Å². The summed E-state index contributed by atoms with van der Waals surface area (Å²) in [6.07, 6.45) is 0.114. The highest BCUT2D eigenvalue weighted by Crippen LogP contribution is 2.28. The van der Waals surface area contributed by atoms with Crippen LogP contribution < -0.4 is 25.3 Å². The zero-order valence-corrected chi connectivity index (χ0v) is 45.7. The zero-order valence-electron chi connectivity index (χ0n) is 44.9. The number of nitrogens with two attached hydrogens (primary N) is 1. The predicted molar refractivity (Wildman–Crippen MR) is 308 cm³/mol. The molecular weight excluding hydrogens is 1080 g/mol. The predicted octanol–water partition coefficient (Wildman–Crippen LogP) is 10.1. The molecule has 10 rings (SSSR count). The third kappa shape index (κ3) is 18.0. The molecule has 0 spiro atoms. The Balaban J connectivity index is 0.000000242. The Bertz CT molecular complexity index is 3310. The van der Waals surface area contributed by atoms with Crippen molar-refractivity contribution in [2.24, 2.45) is 11.7 Å². The van der Waals surface area contributed by atoms with E-state index in [0.717, 1.165) is 33.6 Å². The Hall–Kier alpha value is -8.55. The second-order valence-electron chi connectivity index (χ2n) is 19.9. The van der Waals surface area contributed by atoms with Crippen LogP contribution in [0.3, 0.4) is 0 Å². The molecule has 3 aliphatic heterocycles. The van der Waals surface area contributed by atoms with Crippen molar-refractivity contribution in [2.75, 3.05) is 19.8 Å². The van der Waals surface area contributed by atoms with Crippen molar-refractivity contribution in [2.45, 2.75) is 106 Å². The summed E-state index contributed by atoms with van der Waals surface area (Å²) in [5.41, 5.74) is 9.25. The second kappa shape index (κ2) is 30.3. The lowest BCUT2D eigenvalue weighted by atomic mass is 9.94. The highest BCUT2D eigenvalue weighted by molar-refractivity contribution is 5.98. The SMILES string of the molecule is C.C.CC(C)(C)OC(=O)N[C@H]1COc2ccccc2CC1=O.Cc1c(F)c(C(=O)C[C@H]2COc3ccccc3CC2=O)nn1Cc1ccccc1.Cc1c(F)c(C(=O)O)nn1Cc1ccccc1.Cl.N[C@H]1COc2ccccc2CC1=O. The van der Waals surface area contributed by atoms with Crippen LogP contribution in [0.2, 0.25) is 0 Å². The third-order valence-electron chi connectivity index (χ3n) is 12.7. The number of nitrogens with zero attached hydrogens (tertiary/aromatic N) is 4. The fourth-order valence-electron chi connectivity index (χ4n) is 8.40. The first-order valence-corrected chi connectivity index (χ1v) is 25.5. The standard InChI is InChI=1S/C23H21FN2O3.C15H19NO4.C12H11FN2O2.C10H11NO2.2CH4.ClH/c1-15-22(24)23(25-26(15)13-16-7-3-2-4-8-16)20(28)12-18-14-29-21-10-6-5-9-17(21)11-19(18)27;1-15(2,3)20-14(18)16-11-9-19-13-7-5-4-6-10(13)8-12(11)17;1-8-10(13)11(12(16)17)14-15(8)7-9-5-3-2-4-6-9;11-8-6-13-10-4-2-1-3-7(10)5-9(8)12;;;/h2-10,18H,11-14H2,1H3;4-7,11H,8-9H2,1-3H3,(H,16,18);2-6H,7H2,1H3,(H,16,17);1-4,8H,5-6,11H2;2*1H4;1H/t18-;11-;;8-;;;/m00.0.../s1. The van der Waals surface area contributed by atoms with Crippen molar-refractivity contribution in [3.05, 3.63) is 196 Å². The Labute approximate surface area is 482 Å². The summed E-state index contributed by atoms with van der Waals surface area (Å²) in [5.74, 6) is -1.83. The Morgan fingerprint density at radius 3 is 1.49 bits per heavy atom. The summed E-state index contributed by atoms with van der Waals surface area (Å²) < 4.78 is 52.9. The van der Waals surface area contributed by atoms with Gasteiger partial charge in [0.2, 0.25) is 5.69 Å². The van der Waals surface area contributed by atoms with Gasteiger partial charge in [-0.15, -0.1) is 12.4 Å². The second-order valence-corrected chi connectivity index (χ2v) is 19.9. The minimum absolute atomic E-state index is 0. The number of Topliss-reactive ketones (excluding diaryl/α,β-unsaturated/α-hetero) is 4. The molecule has 5 heterocycles. The number of carbonyl (C=O) groups is 6. The average Bonchev–Trinajstić information content (AvgIpc) is 3.66. The van der Waals surface area contributed by atoms with Gasteiger partial charge in [-0.1, -0.05) is 130 Å². The molecule has 20 heteroatoms. The number of carboxylic acid groups (broad SMARTS) is 1. The summed E-state index contributed by atoms with van der Waals surface area (Å²) in [6.45, 7) is 9.66. The molecular formula is C62H71ClF2N6O11. The van der Waals surface area contributed by atoms with Crippen molar-refractivity contribution < 1.29 is 61.6 Å². The van der Waals surface area contributed by atoms with Crippen LogP contribution in [0.15, 0.2) is 133 Å². The highest BCUT2D eigenvalue weighted by Gasteiger charge is 2.31. The van der Waals surface area contributed by atoms with E-state index in [4.69, 9.17) is 29.8 Å². The van der Waals surface area contributed by atoms with E-state index in [1.165, 1.54) is 16.3 Å². The molecule has 0 fully saturated rings. The zero-order chi connectivity index (χ0) is 56.8. The highest BCUT2D eigenvalue weighted by atomic mass is 35.5. The number of aromatic nitrogens is 4. The molecule has 0 aliphatic carbocycles. The van der Waals surface area contributed by atoms with E-state index in [0.29, 0.717) is 36.7 Å². The van der Waals surface area contributed by atoms with Gasteiger partial charge < -0.3 is 35.1 Å².